The molecule has 1 aromatic heterocycles. The highest BCUT2D eigenvalue weighted by Gasteiger charge is 2.49. The van der Waals surface area contributed by atoms with Crippen molar-refractivity contribution in [2.24, 2.45) is 11.8 Å². The van der Waals surface area contributed by atoms with Crippen molar-refractivity contribution in [3.63, 3.8) is 0 Å². The molecule has 56 heavy (non-hydrogen) atoms. The van der Waals surface area contributed by atoms with Gasteiger partial charge in [0.25, 0.3) is 0 Å². The molecule has 2 saturated carbocycles. The van der Waals surface area contributed by atoms with Crippen LogP contribution in [0.5, 0.6) is 0 Å². The molecule has 0 aliphatic heterocycles. The number of ether oxygens (including phenoxy) is 1. The fraction of sp³-hybridized carbons (Fsp3) is 0.636. The number of aliphatic carboxylic acids is 1. The van der Waals surface area contributed by atoms with Crippen LogP contribution in [0, 0.1) is 11.8 Å². The Kier molecular flexibility index (Phi) is 16.6. The molecule has 0 spiro atoms. The van der Waals surface area contributed by atoms with E-state index in [2.05, 4.69) is 17.2 Å². The zero-order chi connectivity index (χ0) is 42.1. The quantitative estimate of drug-likeness (QED) is 0.136. The number of amides is 1. The van der Waals surface area contributed by atoms with Crippen molar-refractivity contribution in [3.8, 4) is 0 Å². The maximum atomic E-state index is 12.9. The minimum Gasteiger partial charge on any atom is -0.481 e. The van der Waals surface area contributed by atoms with Gasteiger partial charge in [-0.05, 0) is 49.8 Å². The Morgan fingerprint density at radius 1 is 0.875 bits per heavy atom. The minimum atomic E-state index is -5.57. The molecule has 2 aromatic rings. The number of anilines is 1. The van der Waals surface area contributed by atoms with E-state index in [0.29, 0.717) is 50.0 Å². The third kappa shape index (κ3) is 12.8. The van der Waals surface area contributed by atoms with Gasteiger partial charge in [0, 0.05) is 30.7 Å². The van der Waals surface area contributed by atoms with Crippen LogP contribution in [0.4, 0.5) is 32.0 Å². The first-order chi connectivity index (χ1) is 26.0. The topological polar surface area (TPSA) is 203 Å². The molecule has 2 aliphatic rings. The molecule has 1 aromatic carbocycles. The van der Waals surface area contributed by atoms with Crippen LogP contribution in [-0.4, -0.2) is 79.5 Å². The van der Waals surface area contributed by atoms with Crippen LogP contribution in [0.2, 0.25) is 5.15 Å². The fourth-order valence-corrected chi connectivity index (χ4v) is 8.29. The average molecular weight is 868 g/mol. The lowest BCUT2D eigenvalue weighted by Gasteiger charge is -2.31. The zero-order valence-corrected chi connectivity index (χ0v) is 32.8. The Balaban J connectivity index is 0.000000413. The number of hydrogen-bond donors (Lipinski definition) is 4. The van der Waals surface area contributed by atoms with Crippen molar-refractivity contribution in [1.82, 2.24) is 19.0 Å². The van der Waals surface area contributed by atoms with E-state index in [1.165, 1.54) is 11.8 Å². The van der Waals surface area contributed by atoms with E-state index in [-0.39, 0.29) is 37.3 Å². The van der Waals surface area contributed by atoms with E-state index < -0.39 is 72.8 Å². The number of aryl methyl sites for hydroxylation is 1. The van der Waals surface area contributed by atoms with Gasteiger partial charge in [-0.1, -0.05) is 62.8 Å². The maximum absolute atomic E-state index is 12.9. The number of benzene rings is 1. The summed E-state index contributed by atoms with van der Waals surface area (Å²) in [6.45, 7) is 2.42. The number of carbonyl (C=O) groups excluding carboxylic acids is 2. The van der Waals surface area contributed by atoms with Crippen LogP contribution in [-0.2, 0) is 58.6 Å². The van der Waals surface area contributed by atoms with Crippen LogP contribution < -0.4 is 14.8 Å². The zero-order valence-electron chi connectivity index (χ0n) is 30.4. The highest BCUT2D eigenvalue weighted by Crippen LogP contribution is 2.31. The van der Waals surface area contributed by atoms with E-state index in [1.54, 1.807) is 29.0 Å². The first-order valence-corrected chi connectivity index (χ1v) is 21.0. The van der Waals surface area contributed by atoms with E-state index >= 15 is 0 Å². The van der Waals surface area contributed by atoms with Crippen LogP contribution in [0.3, 0.4) is 0 Å². The van der Waals surface area contributed by atoms with Crippen molar-refractivity contribution in [2.45, 2.75) is 114 Å². The fourth-order valence-electron chi connectivity index (χ4n) is 6.39. The van der Waals surface area contributed by atoms with Gasteiger partial charge in [-0.15, -0.1) is 0 Å². The van der Waals surface area contributed by atoms with Crippen LogP contribution in [0.15, 0.2) is 24.3 Å². The largest absolute Gasteiger partial charge is 0.511 e. The van der Waals surface area contributed by atoms with Gasteiger partial charge in [-0.3, -0.25) is 14.4 Å². The third-order valence-corrected chi connectivity index (χ3v) is 12.1. The van der Waals surface area contributed by atoms with Gasteiger partial charge in [-0.2, -0.15) is 26.3 Å². The van der Waals surface area contributed by atoms with Crippen molar-refractivity contribution in [3.05, 3.63) is 46.5 Å². The number of carboxylic acid groups (broad SMARTS) is 1. The third-order valence-electron chi connectivity index (χ3n) is 9.37. The van der Waals surface area contributed by atoms with Crippen molar-refractivity contribution >= 4 is 55.2 Å². The van der Waals surface area contributed by atoms with Gasteiger partial charge in [0.05, 0.1) is 31.1 Å². The second-order valence-electron chi connectivity index (χ2n) is 13.4. The number of unbranched alkanes of at least 4 members (excludes halogenated alkanes) is 1. The molecule has 2 fully saturated rings. The number of carbonyl (C=O) groups is 3. The second-order valence-corrected chi connectivity index (χ2v) is 17.1. The van der Waals surface area contributed by atoms with Gasteiger partial charge in [0.1, 0.15) is 5.82 Å². The number of hydrogen-bond acceptors (Lipinski definition) is 9. The number of rotatable bonds is 14. The smallest absolute Gasteiger partial charge is 0.481 e. The number of sulfonamides is 2. The van der Waals surface area contributed by atoms with Crippen LogP contribution in [0.25, 0.3) is 0 Å². The summed E-state index contributed by atoms with van der Waals surface area (Å²) in [5.74, 6) is -3.58. The molecule has 1 heterocycles. The Bertz CT molecular complexity index is 1890. The molecule has 4 atom stereocenters. The Morgan fingerprint density at radius 3 is 1.86 bits per heavy atom. The lowest BCUT2D eigenvalue weighted by atomic mass is 9.84. The number of nitrogens with zero attached hydrogens (tertiary/aromatic N) is 2. The van der Waals surface area contributed by atoms with Gasteiger partial charge < -0.3 is 19.7 Å². The van der Waals surface area contributed by atoms with Crippen molar-refractivity contribution < 1.29 is 67.4 Å². The number of halogens is 7. The maximum Gasteiger partial charge on any atom is 0.511 e. The lowest BCUT2D eigenvalue weighted by Crippen LogP contribution is -2.50. The van der Waals surface area contributed by atoms with Gasteiger partial charge >= 0.3 is 43.0 Å². The lowest BCUT2D eigenvalue weighted by molar-refractivity contribution is -0.143. The van der Waals surface area contributed by atoms with E-state index in [1.807, 2.05) is 4.57 Å². The van der Waals surface area contributed by atoms with Crippen LogP contribution in [0.1, 0.15) is 88.2 Å². The standard InChI is InChI=1S/C25H32ClF3N4O5S.C8H12F3NO4S/c1-3-4-9-21-31-23(26)20(14-22(34)38-2)33(21)15-16-10-12-17(13-11-16)30-24(35)18-7-5-6-8-19(18)32-39(36,37)25(27,28)29;9-8(10,11)17(15,16)12-6-4-2-1-3-5(6)7(13)14/h10-13,18-19,32H,3-9,14-15H2,1-2H3,(H,30,35);5-6,12H,1-4H2,(H,13,14)/t18-,19+;5-,6-/m11/s1. The summed E-state index contributed by atoms with van der Waals surface area (Å²) < 4.78 is 130. The van der Waals surface area contributed by atoms with E-state index in [0.717, 1.165) is 24.2 Å². The Hall–Kier alpha value is -3.47. The van der Waals surface area contributed by atoms with Gasteiger partial charge in [0.15, 0.2) is 5.15 Å². The summed E-state index contributed by atoms with van der Waals surface area (Å²) in [5.41, 5.74) is -9.08. The number of carboxylic acids is 1. The first-order valence-electron chi connectivity index (χ1n) is 17.6. The highest BCUT2D eigenvalue weighted by molar-refractivity contribution is 7.90. The minimum absolute atomic E-state index is 0.0384. The normalized spacial score (nSPS) is 20.7. The summed E-state index contributed by atoms with van der Waals surface area (Å²) >= 11 is 6.34. The number of nitrogens with one attached hydrogen (secondary N) is 3. The van der Waals surface area contributed by atoms with Crippen molar-refractivity contribution in [1.29, 1.82) is 0 Å². The molecule has 0 radical (unpaired) electrons. The number of imidazole rings is 1. The van der Waals surface area contributed by atoms with E-state index in [4.69, 9.17) is 21.4 Å². The number of esters is 1. The molecule has 0 bridgehead atoms. The number of alkyl halides is 6. The van der Waals surface area contributed by atoms with Crippen molar-refractivity contribution in [2.75, 3.05) is 12.4 Å². The Labute approximate surface area is 325 Å². The van der Waals surface area contributed by atoms with Gasteiger partial charge in [-0.25, -0.2) is 31.3 Å². The summed E-state index contributed by atoms with van der Waals surface area (Å²) in [6, 6.07) is 4.49. The molecule has 4 rings (SSSR count). The predicted molar refractivity (Wildman–Crippen MR) is 191 cm³/mol. The van der Waals surface area contributed by atoms with E-state index in [9.17, 15) is 57.6 Å². The van der Waals surface area contributed by atoms with Gasteiger partial charge in [0.2, 0.25) is 5.91 Å². The summed E-state index contributed by atoms with van der Waals surface area (Å²) in [4.78, 5) is 40.1. The molecule has 4 N–H and O–H groups in total. The molecule has 0 unspecified atom stereocenters. The average Bonchev–Trinajstić information content (AvgIpc) is 3.39. The van der Waals surface area contributed by atoms with Crippen LogP contribution >= 0.6 is 11.6 Å². The highest BCUT2D eigenvalue weighted by atomic mass is 35.5. The molecular weight excluding hydrogens is 824 g/mol. The molecule has 0 saturated heterocycles. The molecule has 1 amide bonds. The SMILES string of the molecule is CCCCc1nc(Cl)c(CC(=O)OC)n1Cc1ccc(NC(=O)[C@@H]2CCCC[C@@H]2NS(=O)(=O)C(F)(F)F)cc1.O=C(O)[C@@H]1CCCC[C@H]1NS(=O)(=O)C(F)(F)F. The first kappa shape index (κ1) is 46.9. The summed E-state index contributed by atoms with van der Waals surface area (Å²) in [6.07, 6.45) is 5.34. The predicted octanol–water partition coefficient (Wildman–Crippen LogP) is 5.65. The number of aromatic nitrogens is 2. The molecule has 2 aliphatic carbocycles. The summed E-state index contributed by atoms with van der Waals surface area (Å²) in [5, 5.41) is 11.7. The number of methoxy groups -OCH3 is 1. The molecule has 14 nitrogen and oxygen atoms in total. The Morgan fingerprint density at radius 2 is 1.38 bits per heavy atom. The molecular formula is C33H44ClF6N5O9S2. The molecule has 23 heteroatoms. The molecule has 316 valence electrons. The second kappa shape index (κ2) is 19.8. The summed E-state index contributed by atoms with van der Waals surface area (Å²) in [7, 11) is -9.75. The monoisotopic (exact) mass is 867 g/mol.